The van der Waals surface area contributed by atoms with Crippen LogP contribution in [0, 0.1) is 0 Å². The fourth-order valence-corrected chi connectivity index (χ4v) is 3.05. The number of anilines is 1. The van der Waals surface area contributed by atoms with E-state index in [9.17, 15) is 8.42 Å². The third kappa shape index (κ3) is 6.37. The van der Waals surface area contributed by atoms with Crippen LogP contribution in [0.1, 0.15) is 6.42 Å². The van der Waals surface area contributed by atoms with Crippen molar-refractivity contribution in [2.75, 3.05) is 37.1 Å². The Bertz CT molecular complexity index is 462. The zero-order chi connectivity index (χ0) is 13.4. The number of halogens is 1. The topological polar surface area (TPSA) is 55.4 Å². The number of ether oxygens (including phenoxy) is 1. The molecule has 0 aliphatic rings. The Morgan fingerprint density at radius 2 is 2.11 bits per heavy atom. The molecular formula is C12H18BrNO3S. The lowest BCUT2D eigenvalue weighted by Crippen LogP contribution is -2.19. The highest BCUT2D eigenvalue weighted by Gasteiger charge is 2.09. The molecule has 0 unspecified atom stereocenters. The maximum atomic E-state index is 11.7. The molecule has 0 spiro atoms. The molecule has 0 radical (unpaired) electrons. The summed E-state index contributed by atoms with van der Waals surface area (Å²) in [5.74, 6) is 0.324. The van der Waals surface area contributed by atoms with Crippen LogP contribution in [0.4, 0.5) is 5.69 Å². The van der Waals surface area contributed by atoms with Crippen molar-refractivity contribution < 1.29 is 13.2 Å². The van der Waals surface area contributed by atoms with Gasteiger partial charge < -0.3 is 10.1 Å². The molecule has 0 aromatic heterocycles. The first-order valence-corrected chi connectivity index (χ1v) is 8.34. The molecule has 0 atom stereocenters. The van der Waals surface area contributed by atoms with Crippen molar-refractivity contribution in [2.24, 2.45) is 0 Å². The highest BCUT2D eigenvalue weighted by Crippen LogP contribution is 2.15. The minimum atomic E-state index is -2.99. The first-order chi connectivity index (χ1) is 8.53. The molecular weight excluding hydrogens is 318 g/mol. The molecule has 0 bridgehead atoms. The highest BCUT2D eigenvalue weighted by atomic mass is 79.9. The number of nitrogens with one attached hydrogen (secondary N) is 1. The minimum Gasteiger partial charge on any atom is -0.385 e. The quantitative estimate of drug-likeness (QED) is 0.740. The van der Waals surface area contributed by atoms with Gasteiger partial charge in [-0.25, -0.2) is 8.42 Å². The maximum Gasteiger partial charge on any atom is 0.152 e. The van der Waals surface area contributed by atoms with Crippen LogP contribution in [0.2, 0.25) is 0 Å². The van der Waals surface area contributed by atoms with E-state index in [2.05, 4.69) is 21.2 Å². The van der Waals surface area contributed by atoms with Crippen LogP contribution in [0.15, 0.2) is 28.7 Å². The molecule has 0 amide bonds. The SMILES string of the molecule is COCCCS(=O)(=O)CCNc1cccc(Br)c1. The Kier molecular flexibility index (Phi) is 6.67. The third-order valence-electron chi connectivity index (χ3n) is 2.37. The summed E-state index contributed by atoms with van der Waals surface area (Å²) in [7, 11) is -1.42. The number of sulfone groups is 1. The minimum absolute atomic E-state index is 0.142. The highest BCUT2D eigenvalue weighted by molar-refractivity contribution is 9.10. The van der Waals surface area contributed by atoms with Crippen LogP contribution in [0.3, 0.4) is 0 Å². The molecule has 1 rings (SSSR count). The first kappa shape index (κ1) is 15.5. The summed E-state index contributed by atoms with van der Waals surface area (Å²) in [5, 5.41) is 3.09. The van der Waals surface area contributed by atoms with E-state index < -0.39 is 9.84 Å². The van der Waals surface area contributed by atoms with Crippen molar-refractivity contribution in [3.63, 3.8) is 0 Å². The lowest BCUT2D eigenvalue weighted by atomic mass is 10.3. The van der Waals surface area contributed by atoms with Gasteiger partial charge >= 0.3 is 0 Å². The van der Waals surface area contributed by atoms with E-state index in [0.717, 1.165) is 10.2 Å². The van der Waals surface area contributed by atoms with Gasteiger partial charge in [0.05, 0.1) is 11.5 Å². The van der Waals surface area contributed by atoms with Crippen LogP contribution in [-0.2, 0) is 14.6 Å². The molecule has 4 nitrogen and oxygen atoms in total. The van der Waals surface area contributed by atoms with Crippen LogP contribution in [0.5, 0.6) is 0 Å². The second-order valence-corrected chi connectivity index (χ2v) is 7.15. The molecule has 1 aromatic rings. The second-order valence-electron chi connectivity index (χ2n) is 3.94. The van der Waals surface area contributed by atoms with Gasteiger partial charge in [0.1, 0.15) is 0 Å². The van der Waals surface area contributed by atoms with E-state index in [4.69, 9.17) is 4.74 Å². The Hall–Kier alpha value is -0.590. The number of methoxy groups -OCH3 is 1. The van der Waals surface area contributed by atoms with Crippen molar-refractivity contribution in [1.82, 2.24) is 0 Å². The number of benzene rings is 1. The third-order valence-corrected chi connectivity index (χ3v) is 4.60. The zero-order valence-electron chi connectivity index (χ0n) is 10.4. The van der Waals surface area contributed by atoms with Crippen molar-refractivity contribution in [1.29, 1.82) is 0 Å². The molecule has 0 fully saturated rings. The molecule has 1 aromatic carbocycles. The summed E-state index contributed by atoms with van der Waals surface area (Å²) in [4.78, 5) is 0. The maximum absolute atomic E-state index is 11.7. The van der Waals surface area contributed by atoms with Crippen molar-refractivity contribution >= 4 is 31.5 Å². The average Bonchev–Trinajstić information content (AvgIpc) is 2.29. The van der Waals surface area contributed by atoms with Gasteiger partial charge in [-0.2, -0.15) is 0 Å². The molecule has 0 aliphatic heterocycles. The molecule has 18 heavy (non-hydrogen) atoms. The smallest absolute Gasteiger partial charge is 0.152 e. The van der Waals surface area contributed by atoms with Gasteiger partial charge in [0.15, 0.2) is 9.84 Å². The number of hydrogen-bond acceptors (Lipinski definition) is 4. The van der Waals surface area contributed by atoms with Crippen LogP contribution < -0.4 is 5.32 Å². The summed E-state index contributed by atoms with van der Waals surface area (Å²) >= 11 is 3.36. The van der Waals surface area contributed by atoms with Crippen LogP contribution >= 0.6 is 15.9 Å². The monoisotopic (exact) mass is 335 g/mol. The Morgan fingerprint density at radius 3 is 2.78 bits per heavy atom. The Labute approximate surface area is 117 Å². The van der Waals surface area contributed by atoms with Gasteiger partial charge in [-0.15, -0.1) is 0 Å². The summed E-state index contributed by atoms with van der Waals surface area (Å²) < 4.78 is 29.1. The van der Waals surface area contributed by atoms with Crippen LogP contribution in [0.25, 0.3) is 0 Å². The molecule has 0 aliphatic carbocycles. The molecule has 0 saturated carbocycles. The van der Waals surface area contributed by atoms with Gasteiger partial charge in [-0.1, -0.05) is 22.0 Å². The van der Waals surface area contributed by atoms with Gasteiger partial charge in [-0.05, 0) is 24.6 Å². The van der Waals surface area contributed by atoms with Gasteiger partial charge in [0, 0.05) is 30.4 Å². The van der Waals surface area contributed by atoms with Crippen molar-refractivity contribution in [3.05, 3.63) is 28.7 Å². The van der Waals surface area contributed by atoms with Crippen molar-refractivity contribution in [2.45, 2.75) is 6.42 Å². The standard InChI is InChI=1S/C12H18BrNO3S/c1-17-7-3-8-18(15,16)9-6-14-12-5-2-4-11(13)10-12/h2,4-5,10,14H,3,6-9H2,1H3. The van der Waals surface area contributed by atoms with Gasteiger partial charge in [-0.3, -0.25) is 0 Å². The second kappa shape index (κ2) is 7.76. The fourth-order valence-electron chi connectivity index (χ4n) is 1.47. The Balaban J connectivity index is 2.32. The average molecular weight is 336 g/mol. The van der Waals surface area contributed by atoms with Gasteiger partial charge in [0.25, 0.3) is 0 Å². The summed E-state index contributed by atoms with van der Waals surface area (Å²) in [5.41, 5.74) is 0.913. The molecule has 1 N–H and O–H groups in total. The van der Waals surface area contributed by atoms with Crippen LogP contribution in [-0.4, -0.2) is 40.2 Å². The summed E-state index contributed by atoms with van der Waals surface area (Å²) in [6.07, 6.45) is 0.551. The lowest BCUT2D eigenvalue weighted by molar-refractivity contribution is 0.199. The number of rotatable bonds is 8. The summed E-state index contributed by atoms with van der Waals surface area (Å²) in [6, 6.07) is 7.64. The zero-order valence-corrected chi connectivity index (χ0v) is 12.8. The fraction of sp³-hybridized carbons (Fsp3) is 0.500. The van der Waals surface area contributed by atoms with Gasteiger partial charge in [0.2, 0.25) is 0 Å². The van der Waals surface area contributed by atoms with Crippen molar-refractivity contribution in [3.8, 4) is 0 Å². The predicted octanol–water partition coefficient (Wildman–Crippen LogP) is 2.31. The summed E-state index contributed by atoms with van der Waals surface area (Å²) in [6.45, 7) is 0.907. The van der Waals surface area contributed by atoms with E-state index in [1.54, 1.807) is 7.11 Å². The molecule has 102 valence electrons. The van der Waals surface area contributed by atoms with E-state index in [-0.39, 0.29) is 11.5 Å². The molecule has 6 heteroatoms. The predicted molar refractivity (Wildman–Crippen MR) is 77.8 cm³/mol. The lowest BCUT2D eigenvalue weighted by Gasteiger charge is -2.07. The molecule has 0 saturated heterocycles. The normalized spacial score (nSPS) is 11.4. The molecule has 0 heterocycles. The first-order valence-electron chi connectivity index (χ1n) is 5.72. The van der Waals surface area contributed by atoms with E-state index in [1.807, 2.05) is 24.3 Å². The van der Waals surface area contributed by atoms with E-state index >= 15 is 0 Å². The largest absolute Gasteiger partial charge is 0.385 e. The Morgan fingerprint density at radius 1 is 1.33 bits per heavy atom. The van der Waals surface area contributed by atoms with E-state index in [1.165, 1.54) is 0 Å². The van der Waals surface area contributed by atoms with E-state index in [0.29, 0.717) is 19.6 Å². The number of hydrogen-bond donors (Lipinski definition) is 1.